The van der Waals surface area contributed by atoms with Gasteiger partial charge in [0.2, 0.25) is 5.91 Å². The maximum Gasteiger partial charge on any atom is 0.239 e. The first-order chi connectivity index (χ1) is 7.15. The van der Waals surface area contributed by atoms with Gasteiger partial charge in [-0.3, -0.25) is 9.78 Å². The van der Waals surface area contributed by atoms with Gasteiger partial charge in [-0.2, -0.15) is 0 Å². The molecule has 1 rings (SSSR count). The van der Waals surface area contributed by atoms with Gasteiger partial charge >= 0.3 is 0 Å². The molecule has 0 saturated carbocycles. The number of nitrogens with zero attached hydrogens (tertiary/aromatic N) is 2. The van der Waals surface area contributed by atoms with E-state index in [1.807, 2.05) is 19.1 Å². The molecule has 0 saturated heterocycles. The lowest BCUT2D eigenvalue weighted by Crippen LogP contribution is -2.40. The van der Waals surface area contributed by atoms with Gasteiger partial charge in [0.25, 0.3) is 0 Å². The highest BCUT2D eigenvalue weighted by Gasteiger charge is 2.15. The first-order valence-electron chi connectivity index (χ1n) is 5.04. The SMILES string of the molecule is CCC(N)C(=O)N(C)Cc1cccnc1. The van der Waals surface area contributed by atoms with Gasteiger partial charge in [-0.1, -0.05) is 13.0 Å². The molecule has 0 aliphatic heterocycles. The molecule has 15 heavy (non-hydrogen) atoms. The predicted octanol–water partition coefficient (Wildman–Crippen LogP) is 0.777. The quantitative estimate of drug-likeness (QED) is 0.793. The lowest BCUT2D eigenvalue weighted by Gasteiger charge is -2.20. The largest absolute Gasteiger partial charge is 0.340 e. The van der Waals surface area contributed by atoms with Crippen LogP contribution in [-0.2, 0) is 11.3 Å². The Morgan fingerprint density at radius 3 is 2.93 bits per heavy atom. The average molecular weight is 207 g/mol. The van der Waals surface area contributed by atoms with Gasteiger partial charge in [-0.25, -0.2) is 0 Å². The van der Waals surface area contributed by atoms with Crippen LogP contribution in [0.3, 0.4) is 0 Å². The van der Waals surface area contributed by atoms with Crippen LogP contribution in [0.1, 0.15) is 18.9 Å². The summed E-state index contributed by atoms with van der Waals surface area (Å²) >= 11 is 0. The number of rotatable bonds is 4. The Kier molecular flexibility index (Phi) is 4.24. The number of pyridine rings is 1. The third-order valence-electron chi connectivity index (χ3n) is 2.28. The van der Waals surface area contributed by atoms with Crippen LogP contribution in [0.2, 0.25) is 0 Å². The number of carbonyl (C=O) groups is 1. The molecule has 0 aromatic carbocycles. The minimum Gasteiger partial charge on any atom is -0.340 e. The molecule has 0 aliphatic carbocycles. The molecule has 2 N–H and O–H groups in total. The fourth-order valence-corrected chi connectivity index (χ4v) is 1.30. The number of nitrogens with two attached hydrogens (primary N) is 1. The van der Waals surface area contributed by atoms with Gasteiger partial charge in [-0.05, 0) is 18.1 Å². The zero-order valence-corrected chi connectivity index (χ0v) is 9.18. The van der Waals surface area contributed by atoms with Crippen molar-refractivity contribution in [1.29, 1.82) is 0 Å². The summed E-state index contributed by atoms with van der Waals surface area (Å²) in [6.45, 7) is 2.46. The molecule has 1 aromatic rings. The van der Waals surface area contributed by atoms with E-state index in [9.17, 15) is 4.79 Å². The van der Waals surface area contributed by atoms with Crippen molar-refractivity contribution in [3.63, 3.8) is 0 Å². The Balaban J connectivity index is 2.56. The van der Waals surface area contributed by atoms with Gasteiger partial charge in [0, 0.05) is 26.0 Å². The van der Waals surface area contributed by atoms with Crippen LogP contribution < -0.4 is 5.73 Å². The number of aromatic nitrogens is 1. The number of carbonyl (C=O) groups excluding carboxylic acids is 1. The predicted molar refractivity (Wildman–Crippen MR) is 59.0 cm³/mol. The van der Waals surface area contributed by atoms with Gasteiger partial charge < -0.3 is 10.6 Å². The molecule has 4 heteroatoms. The molecule has 1 aromatic heterocycles. The topological polar surface area (TPSA) is 59.2 Å². The minimum atomic E-state index is -0.397. The Bertz CT molecular complexity index is 313. The van der Waals surface area contributed by atoms with Crippen molar-refractivity contribution < 1.29 is 4.79 Å². The van der Waals surface area contributed by atoms with Crippen molar-refractivity contribution in [1.82, 2.24) is 9.88 Å². The second-order valence-electron chi connectivity index (χ2n) is 3.57. The molecule has 0 spiro atoms. The Morgan fingerprint density at radius 2 is 2.40 bits per heavy atom. The van der Waals surface area contributed by atoms with E-state index in [1.54, 1.807) is 24.3 Å². The van der Waals surface area contributed by atoms with Crippen molar-refractivity contribution in [2.75, 3.05) is 7.05 Å². The van der Waals surface area contributed by atoms with Crippen molar-refractivity contribution >= 4 is 5.91 Å². The first-order valence-corrected chi connectivity index (χ1v) is 5.04. The zero-order chi connectivity index (χ0) is 11.3. The van der Waals surface area contributed by atoms with Crippen LogP contribution in [0.4, 0.5) is 0 Å². The molecule has 1 unspecified atom stereocenters. The van der Waals surface area contributed by atoms with Crippen LogP contribution in [0.5, 0.6) is 0 Å². The molecular weight excluding hydrogens is 190 g/mol. The summed E-state index contributed by atoms with van der Waals surface area (Å²) in [5.74, 6) is -0.0265. The lowest BCUT2D eigenvalue weighted by atomic mass is 10.2. The number of hydrogen-bond acceptors (Lipinski definition) is 3. The van der Waals surface area contributed by atoms with E-state index >= 15 is 0 Å². The molecule has 4 nitrogen and oxygen atoms in total. The van der Waals surface area contributed by atoms with E-state index in [0.717, 1.165) is 5.56 Å². The zero-order valence-electron chi connectivity index (χ0n) is 9.18. The van der Waals surface area contributed by atoms with Gasteiger partial charge in [0.1, 0.15) is 0 Å². The summed E-state index contributed by atoms with van der Waals surface area (Å²) < 4.78 is 0. The summed E-state index contributed by atoms with van der Waals surface area (Å²) in [6, 6.07) is 3.40. The molecule has 0 radical (unpaired) electrons. The maximum absolute atomic E-state index is 11.7. The maximum atomic E-state index is 11.7. The normalized spacial score (nSPS) is 12.2. The van der Waals surface area contributed by atoms with Gasteiger partial charge in [0.15, 0.2) is 0 Å². The van der Waals surface area contributed by atoms with Crippen LogP contribution in [0, 0.1) is 0 Å². The van der Waals surface area contributed by atoms with Crippen molar-refractivity contribution in [2.45, 2.75) is 25.9 Å². The summed E-state index contributed by atoms with van der Waals surface area (Å²) in [5, 5.41) is 0. The minimum absolute atomic E-state index is 0.0265. The smallest absolute Gasteiger partial charge is 0.239 e. The second-order valence-corrected chi connectivity index (χ2v) is 3.57. The van der Waals surface area contributed by atoms with Crippen LogP contribution in [0.15, 0.2) is 24.5 Å². The highest BCUT2D eigenvalue weighted by Crippen LogP contribution is 2.02. The van der Waals surface area contributed by atoms with Gasteiger partial charge in [-0.15, -0.1) is 0 Å². The number of amides is 1. The van der Waals surface area contributed by atoms with Crippen LogP contribution in [0.25, 0.3) is 0 Å². The summed E-state index contributed by atoms with van der Waals surface area (Å²) in [7, 11) is 1.75. The molecule has 1 atom stereocenters. The molecule has 0 aliphatic rings. The van der Waals surface area contributed by atoms with E-state index in [2.05, 4.69) is 4.98 Å². The second kappa shape index (κ2) is 5.46. The summed E-state index contributed by atoms with van der Waals surface area (Å²) in [4.78, 5) is 17.3. The molecule has 82 valence electrons. The fourth-order valence-electron chi connectivity index (χ4n) is 1.30. The standard InChI is InChI=1S/C11H17N3O/c1-3-10(12)11(15)14(2)8-9-5-4-6-13-7-9/h4-7,10H,3,8,12H2,1-2H3. The number of likely N-dealkylation sites (N-methyl/N-ethyl adjacent to an activating group) is 1. The van der Waals surface area contributed by atoms with E-state index < -0.39 is 6.04 Å². The lowest BCUT2D eigenvalue weighted by molar-refractivity contribution is -0.131. The van der Waals surface area contributed by atoms with Crippen molar-refractivity contribution in [3.8, 4) is 0 Å². The van der Waals surface area contributed by atoms with Crippen LogP contribution in [-0.4, -0.2) is 28.9 Å². The van der Waals surface area contributed by atoms with Crippen LogP contribution >= 0.6 is 0 Å². The van der Waals surface area contributed by atoms with E-state index in [0.29, 0.717) is 13.0 Å². The summed E-state index contributed by atoms with van der Waals surface area (Å²) in [5.41, 5.74) is 6.68. The highest BCUT2D eigenvalue weighted by atomic mass is 16.2. The fraction of sp³-hybridized carbons (Fsp3) is 0.455. The highest BCUT2D eigenvalue weighted by molar-refractivity contribution is 5.81. The molecule has 1 heterocycles. The first kappa shape index (κ1) is 11.7. The summed E-state index contributed by atoms with van der Waals surface area (Å²) in [6.07, 6.45) is 4.13. The van der Waals surface area contributed by atoms with E-state index in [4.69, 9.17) is 5.73 Å². The molecule has 0 fully saturated rings. The Morgan fingerprint density at radius 1 is 1.67 bits per heavy atom. The monoisotopic (exact) mass is 207 g/mol. The van der Waals surface area contributed by atoms with Gasteiger partial charge in [0.05, 0.1) is 6.04 Å². The molecule has 0 bridgehead atoms. The Labute approximate surface area is 90.1 Å². The van der Waals surface area contributed by atoms with E-state index in [-0.39, 0.29) is 5.91 Å². The third-order valence-corrected chi connectivity index (χ3v) is 2.28. The Hall–Kier alpha value is -1.42. The third kappa shape index (κ3) is 3.32. The number of hydrogen-bond donors (Lipinski definition) is 1. The van der Waals surface area contributed by atoms with Crippen molar-refractivity contribution in [2.24, 2.45) is 5.73 Å². The van der Waals surface area contributed by atoms with E-state index in [1.165, 1.54) is 0 Å². The van der Waals surface area contributed by atoms with Crippen molar-refractivity contribution in [3.05, 3.63) is 30.1 Å². The molecule has 1 amide bonds. The average Bonchev–Trinajstić information content (AvgIpc) is 2.28. The molecular formula is C11H17N3O.